The van der Waals surface area contributed by atoms with Gasteiger partial charge in [0.05, 0.1) is 10.6 Å². The second-order valence-corrected chi connectivity index (χ2v) is 10.2. The third-order valence-electron chi connectivity index (χ3n) is 5.57. The highest BCUT2D eigenvalue weighted by Crippen LogP contribution is 2.32. The van der Waals surface area contributed by atoms with E-state index in [1.54, 1.807) is 12.1 Å². The third-order valence-corrected chi connectivity index (χ3v) is 7.51. The minimum atomic E-state index is -3.86. The molecular formula is C23H27N3O3S. The number of anilines is 1. The standard InChI is InChI=1S/C23H27N3O3S/c1-15(2)12-16(3)26(19-5-7-22-18(13-19)9-10-24-22)30(28,29)20-6-4-17-8-11-25-23(27)21(17)14-20/h4-7,9-10,13-16,24H,8,11-12H2,1-3H3,(H,25,27)/t16-/m0/s1. The number of rotatable bonds is 6. The van der Waals surface area contributed by atoms with Gasteiger partial charge < -0.3 is 10.3 Å². The molecule has 1 aliphatic heterocycles. The molecule has 158 valence electrons. The molecule has 0 saturated carbocycles. The van der Waals surface area contributed by atoms with Gasteiger partial charge in [0.2, 0.25) is 0 Å². The molecule has 1 atom stereocenters. The Labute approximate surface area is 177 Å². The van der Waals surface area contributed by atoms with Gasteiger partial charge >= 0.3 is 0 Å². The maximum atomic E-state index is 13.8. The first-order valence-electron chi connectivity index (χ1n) is 10.3. The molecule has 0 fully saturated rings. The monoisotopic (exact) mass is 425 g/mol. The van der Waals surface area contributed by atoms with E-state index >= 15 is 0 Å². The number of sulfonamides is 1. The van der Waals surface area contributed by atoms with Crippen molar-refractivity contribution in [1.29, 1.82) is 0 Å². The Kier molecular flexibility index (Phi) is 5.32. The normalized spacial score (nSPS) is 15.1. The fraction of sp³-hybridized carbons (Fsp3) is 0.348. The van der Waals surface area contributed by atoms with Crippen molar-refractivity contribution in [2.24, 2.45) is 5.92 Å². The third kappa shape index (κ3) is 3.69. The van der Waals surface area contributed by atoms with E-state index in [1.807, 2.05) is 37.4 Å². The van der Waals surface area contributed by atoms with Crippen LogP contribution in [0.1, 0.15) is 43.1 Å². The number of nitrogens with one attached hydrogen (secondary N) is 2. The van der Waals surface area contributed by atoms with Gasteiger partial charge in [-0.2, -0.15) is 0 Å². The Morgan fingerprint density at radius 2 is 1.87 bits per heavy atom. The summed E-state index contributed by atoms with van der Waals surface area (Å²) < 4.78 is 29.1. The van der Waals surface area contributed by atoms with Crippen LogP contribution in [-0.2, 0) is 16.4 Å². The first-order valence-corrected chi connectivity index (χ1v) is 11.7. The summed E-state index contributed by atoms with van der Waals surface area (Å²) in [5, 5.41) is 3.75. The molecule has 2 N–H and O–H groups in total. The summed E-state index contributed by atoms with van der Waals surface area (Å²) in [6, 6.07) is 12.2. The van der Waals surface area contributed by atoms with Crippen molar-refractivity contribution in [3.63, 3.8) is 0 Å². The minimum Gasteiger partial charge on any atom is -0.361 e. The van der Waals surface area contributed by atoms with Gasteiger partial charge in [0.1, 0.15) is 0 Å². The smallest absolute Gasteiger partial charge is 0.264 e. The van der Waals surface area contributed by atoms with E-state index in [0.717, 1.165) is 22.9 Å². The zero-order valence-electron chi connectivity index (χ0n) is 17.5. The number of H-pyrrole nitrogens is 1. The predicted octanol–water partition coefficient (Wildman–Crippen LogP) is 4.08. The molecule has 0 bridgehead atoms. The van der Waals surface area contributed by atoms with Gasteiger partial charge in [0, 0.05) is 35.2 Å². The Hall–Kier alpha value is -2.80. The molecule has 30 heavy (non-hydrogen) atoms. The second kappa shape index (κ2) is 7.80. The largest absolute Gasteiger partial charge is 0.361 e. The van der Waals surface area contributed by atoms with Gasteiger partial charge in [-0.3, -0.25) is 9.10 Å². The molecule has 6 nitrogen and oxygen atoms in total. The van der Waals surface area contributed by atoms with Crippen LogP contribution in [0.5, 0.6) is 0 Å². The van der Waals surface area contributed by atoms with Crippen molar-refractivity contribution in [3.05, 3.63) is 59.8 Å². The lowest BCUT2D eigenvalue weighted by atomic mass is 10.0. The SMILES string of the molecule is CC(C)C[C@H](C)N(c1ccc2[nH]ccc2c1)S(=O)(=O)c1ccc2c(c1)C(=O)NCC2. The van der Waals surface area contributed by atoms with E-state index in [0.29, 0.717) is 30.1 Å². The number of nitrogens with zero attached hydrogens (tertiary/aromatic N) is 1. The van der Waals surface area contributed by atoms with Gasteiger partial charge in [-0.1, -0.05) is 19.9 Å². The van der Waals surface area contributed by atoms with Crippen LogP contribution in [0.4, 0.5) is 5.69 Å². The number of carbonyl (C=O) groups is 1. The first-order chi connectivity index (χ1) is 14.3. The summed E-state index contributed by atoms with van der Waals surface area (Å²) in [6.45, 7) is 6.68. The van der Waals surface area contributed by atoms with Crippen LogP contribution < -0.4 is 9.62 Å². The number of amides is 1. The molecule has 3 aromatic rings. The van der Waals surface area contributed by atoms with E-state index in [4.69, 9.17) is 0 Å². The minimum absolute atomic E-state index is 0.142. The van der Waals surface area contributed by atoms with Crippen molar-refractivity contribution in [2.45, 2.75) is 44.6 Å². The highest BCUT2D eigenvalue weighted by Gasteiger charge is 2.31. The summed E-state index contributed by atoms with van der Waals surface area (Å²) in [5.41, 5.74) is 2.91. The molecule has 2 aromatic carbocycles. The van der Waals surface area contributed by atoms with Gasteiger partial charge in [-0.05, 0) is 67.6 Å². The van der Waals surface area contributed by atoms with E-state index in [-0.39, 0.29) is 16.8 Å². The lowest BCUT2D eigenvalue weighted by Gasteiger charge is -2.32. The number of aromatic nitrogens is 1. The number of carbonyl (C=O) groups excluding carboxylic acids is 1. The van der Waals surface area contributed by atoms with Crippen LogP contribution in [0.15, 0.2) is 53.6 Å². The molecule has 0 radical (unpaired) electrons. The Morgan fingerprint density at radius 1 is 1.07 bits per heavy atom. The number of hydrogen-bond acceptors (Lipinski definition) is 3. The summed E-state index contributed by atoms with van der Waals surface area (Å²) in [7, 11) is -3.86. The number of aromatic amines is 1. The molecule has 0 aliphatic carbocycles. The topological polar surface area (TPSA) is 82.3 Å². The fourth-order valence-corrected chi connectivity index (χ4v) is 5.94. The molecule has 1 aliphatic rings. The number of fused-ring (bicyclic) bond motifs is 2. The molecule has 7 heteroatoms. The van der Waals surface area contributed by atoms with E-state index < -0.39 is 10.0 Å². The lowest BCUT2D eigenvalue weighted by Crippen LogP contribution is -2.40. The van der Waals surface area contributed by atoms with Crippen molar-refractivity contribution in [2.75, 3.05) is 10.8 Å². The van der Waals surface area contributed by atoms with Crippen LogP contribution in [0.25, 0.3) is 10.9 Å². The maximum absolute atomic E-state index is 13.8. The second-order valence-electron chi connectivity index (χ2n) is 8.35. The summed E-state index contributed by atoms with van der Waals surface area (Å²) in [4.78, 5) is 15.6. The van der Waals surface area contributed by atoms with Gasteiger partial charge in [0.15, 0.2) is 0 Å². The lowest BCUT2D eigenvalue weighted by molar-refractivity contribution is 0.0945. The van der Waals surface area contributed by atoms with E-state index in [9.17, 15) is 13.2 Å². The average Bonchev–Trinajstić information content (AvgIpc) is 3.15. The predicted molar refractivity (Wildman–Crippen MR) is 119 cm³/mol. The zero-order valence-corrected chi connectivity index (χ0v) is 18.3. The molecule has 2 heterocycles. The summed E-state index contributed by atoms with van der Waals surface area (Å²) in [6.07, 6.45) is 3.27. The fourth-order valence-electron chi connectivity index (χ4n) is 4.25. The maximum Gasteiger partial charge on any atom is 0.264 e. The Bertz CT molecular complexity index is 1200. The van der Waals surface area contributed by atoms with Gasteiger partial charge in [-0.25, -0.2) is 8.42 Å². The first kappa shape index (κ1) is 20.5. The molecule has 0 spiro atoms. The molecular weight excluding hydrogens is 398 g/mol. The number of benzene rings is 2. The van der Waals surface area contributed by atoms with Crippen LogP contribution in [0.3, 0.4) is 0 Å². The molecule has 1 amide bonds. The van der Waals surface area contributed by atoms with Crippen LogP contribution in [0.2, 0.25) is 0 Å². The average molecular weight is 426 g/mol. The summed E-state index contributed by atoms with van der Waals surface area (Å²) >= 11 is 0. The zero-order chi connectivity index (χ0) is 21.5. The van der Waals surface area contributed by atoms with Crippen LogP contribution >= 0.6 is 0 Å². The molecule has 0 unspecified atom stereocenters. The van der Waals surface area contributed by atoms with Crippen molar-refractivity contribution >= 4 is 32.5 Å². The summed E-state index contributed by atoms with van der Waals surface area (Å²) in [5.74, 6) is 0.117. The highest BCUT2D eigenvalue weighted by molar-refractivity contribution is 7.92. The van der Waals surface area contributed by atoms with Crippen molar-refractivity contribution in [1.82, 2.24) is 10.3 Å². The molecule has 0 saturated heterocycles. The molecule has 4 rings (SSSR count). The Balaban J connectivity index is 1.83. The Morgan fingerprint density at radius 3 is 2.63 bits per heavy atom. The van der Waals surface area contributed by atoms with Gasteiger partial charge in [0.25, 0.3) is 15.9 Å². The van der Waals surface area contributed by atoms with Crippen LogP contribution in [-0.4, -0.2) is 31.9 Å². The van der Waals surface area contributed by atoms with E-state index in [1.165, 1.54) is 10.4 Å². The van der Waals surface area contributed by atoms with Crippen LogP contribution in [0, 0.1) is 5.92 Å². The van der Waals surface area contributed by atoms with Gasteiger partial charge in [-0.15, -0.1) is 0 Å². The molecule has 1 aromatic heterocycles. The van der Waals surface area contributed by atoms with Crippen molar-refractivity contribution < 1.29 is 13.2 Å². The van der Waals surface area contributed by atoms with Crippen molar-refractivity contribution in [3.8, 4) is 0 Å². The van der Waals surface area contributed by atoms with E-state index in [2.05, 4.69) is 24.1 Å². The highest BCUT2D eigenvalue weighted by atomic mass is 32.2. The quantitative estimate of drug-likeness (QED) is 0.624. The number of hydrogen-bond donors (Lipinski definition) is 2.